The molecule has 2 heterocycles. The minimum Gasteiger partial charge on any atom is -1.00 e. The van der Waals surface area contributed by atoms with E-state index in [9.17, 15) is 0 Å². The van der Waals surface area contributed by atoms with E-state index in [1.807, 2.05) is 0 Å². The van der Waals surface area contributed by atoms with Gasteiger partial charge in [-0.3, -0.25) is 0 Å². The zero-order valence-corrected chi connectivity index (χ0v) is 10.5. The van der Waals surface area contributed by atoms with E-state index in [0.717, 1.165) is 12.0 Å². The molecule has 2 heteroatoms. The highest BCUT2D eigenvalue weighted by atomic mass is 79.9. The Kier molecular flexibility index (Phi) is 3.82. The number of quaternary nitrogens is 1. The van der Waals surface area contributed by atoms with Crippen molar-refractivity contribution in [1.82, 2.24) is 0 Å². The largest absolute Gasteiger partial charge is 1.00 e. The van der Waals surface area contributed by atoms with Gasteiger partial charge in [-0.1, -0.05) is 13.8 Å². The average molecular weight is 248 g/mol. The van der Waals surface area contributed by atoms with Crippen molar-refractivity contribution in [3.8, 4) is 0 Å². The molecular weight excluding hydrogens is 226 g/mol. The van der Waals surface area contributed by atoms with Crippen molar-refractivity contribution >= 4 is 0 Å². The van der Waals surface area contributed by atoms with Gasteiger partial charge in [0.05, 0.1) is 25.7 Å². The van der Waals surface area contributed by atoms with Crippen LogP contribution >= 0.6 is 0 Å². The summed E-state index contributed by atoms with van der Waals surface area (Å²) in [6, 6.07) is 1.05. The van der Waals surface area contributed by atoms with Crippen LogP contribution in [0.15, 0.2) is 0 Å². The number of halogens is 1. The quantitative estimate of drug-likeness (QED) is 0.574. The molecule has 13 heavy (non-hydrogen) atoms. The summed E-state index contributed by atoms with van der Waals surface area (Å²) in [5.74, 6) is 1.01. The Morgan fingerprint density at radius 3 is 2.69 bits per heavy atom. The Morgan fingerprint density at radius 1 is 1.23 bits per heavy atom. The van der Waals surface area contributed by atoms with Gasteiger partial charge in [0, 0.05) is 25.2 Å². The zero-order chi connectivity index (χ0) is 8.60. The fraction of sp³-hybridized carbons (Fsp3) is 1.00. The molecule has 0 N–H and O–H groups in total. The number of fused-ring (bicyclic) bond motifs is 1. The van der Waals surface area contributed by atoms with Crippen molar-refractivity contribution in [2.24, 2.45) is 5.92 Å². The van der Waals surface area contributed by atoms with E-state index in [-0.39, 0.29) is 17.0 Å². The van der Waals surface area contributed by atoms with Gasteiger partial charge in [0.2, 0.25) is 0 Å². The summed E-state index contributed by atoms with van der Waals surface area (Å²) < 4.78 is 1.50. The highest BCUT2D eigenvalue weighted by molar-refractivity contribution is 4.79. The standard InChI is InChI=1S/C11H22N.BrH/c1-3-7-12-8-4-5-11(12)10(2)6-9-12;/h10-11H,3-9H2,1-2H3;1H/q+1;/p-1. The van der Waals surface area contributed by atoms with E-state index >= 15 is 0 Å². The molecule has 0 radical (unpaired) electrons. The Balaban J connectivity index is 0.000000845. The molecule has 1 nitrogen and oxygen atoms in total. The van der Waals surface area contributed by atoms with Gasteiger partial charge >= 0.3 is 0 Å². The molecule has 0 amide bonds. The zero-order valence-electron chi connectivity index (χ0n) is 8.93. The summed E-state index contributed by atoms with van der Waals surface area (Å²) in [5, 5.41) is 0. The van der Waals surface area contributed by atoms with Crippen LogP contribution in [0.2, 0.25) is 0 Å². The van der Waals surface area contributed by atoms with Crippen LogP contribution in [-0.2, 0) is 0 Å². The minimum absolute atomic E-state index is 0. The smallest absolute Gasteiger partial charge is 0.0920 e. The van der Waals surface area contributed by atoms with E-state index in [1.54, 1.807) is 0 Å². The van der Waals surface area contributed by atoms with Crippen molar-refractivity contribution in [2.45, 2.75) is 45.6 Å². The van der Waals surface area contributed by atoms with Crippen molar-refractivity contribution in [1.29, 1.82) is 0 Å². The van der Waals surface area contributed by atoms with Crippen LogP contribution in [0.1, 0.15) is 39.5 Å². The molecule has 78 valence electrons. The molecule has 0 bridgehead atoms. The third kappa shape index (κ3) is 1.80. The minimum atomic E-state index is 0. The second-order valence-electron chi connectivity index (χ2n) is 4.86. The molecule has 0 aromatic heterocycles. The molecule has 3 unspecified atom stereocenters. The van der Waals surface area contributed by atoms with Gasteiger partial charge in [-0.25, -0.2) is 0 Å². The molecule has 2 saturated heterocycles. The van der Waals surface area contributed by atoms with Gasteiger partial charge in [-0.15, -0.1) is 0 Å². The van der Waals surface area contributed by atoms with Crippen LogP contribution in [0.25, 0.3) is 0 Å². The van der Waals surface area contributed by atoms with Crippen LogP contribution in [-0.4, -0.2) is 30.2 Å². The maximum atomic E-state index is 2.46. The summed E-state index contributed by atoms with van der Waals surface area (Å²) in [6.07, 6.45) is 5.88. The van der Waals surface area contributed by atoms with Crippen LogP contribution in [0.3, 0.4) is 0 Å². The summed E-state index contributed by atoms with van der Waals surface area (Å²) in [6.45, 7) is 9.23. The topological polar surface area (TPSA) is 0 Å². The fourth-order valence-electron chi connectivity index (χ4n) is 3.64. The van der Waals surface area contributed by atoms with Crippen molar-refractivity contribution in [3.05, 3.63) is 0 Å². The summed E-state index contributed by atoms with van der Waals surface area (Å²) >= 11 is 0. The van der Waals surface area contributed by atoms with Gasteiger partial charge in [0.15, 0.2) is 0 Å². The molecule has 2 aliphatic heterocycles. The van der Waals surface area contributed by atoms with Crippen molar-refractivity contribution < 1.29 is 21.5 Å². The summed E-state index contributed by atoms with van der Waals surface area (Å²) in [7, 11) is 0. The summed E-state index contributed by atoms with van der Waals surface area (Å²) in [4.78, 5) is 0. The van der Waals surface area contributed by atoms with Gasteiger partial charge in [-0.2, -0.15) is 0 Å². The van der Waals surface area contributed by atoms with Gasteiger partial charge in [-0.05, 0) is 6.42 Å². The molecule has 2 rings (SSSR count). The van der Waals surface area contributed by atoms with E-state index in [2.05, 4.69) is 13.8 Å². The first-order valence-corrected chi connectivity index (χ1v) is 5.64. The van der Waals surface area contributed by atoms with Crippen molar-refractivity contribution in [3.63, 3.8) is 0 Å². The third-order valence-corrected chi connectivity index (χ3v) is 4.16. The van der Waals surface area contributed by atoms with Crippen molar-refractivity contribution in [2.75, 3.05) is 19.6 Å². The Morgan fingerprint density at radius 2 is 2.00 bits per heavy atom. The van der Waals surface area contributed by atoms with E-state index in [0.29, 0.717) is 0 Å². The lowest BCUT2D eigenvalue weighted by Gasteiger charge is -2.35. The first kappa shape index (κ1) is 11.5. The molecular formula is C11H22BrN. The molecule has 0 aliphatic carbocycles. The molecule has 2 aliphatic rings. The first-order chi connectivity index (χ1) is 5.78. The van der Waals surface area contributed by atoms with E-state index in [1.165, 1.54) is 49.8 Å². The molecule has 0 spiro atoms. The summed E-state index contributed by atoms with van der Waals surface area (Å²) in [5.41, 5.74) is 0. The fourth-order valence-corrected chi connectivity index (χ4v) is 3.64. The van der Waals surface area contributed by atoms with Crippen LogP contribution < -0.4 is 17.0 Å². The van der Waals surface area contributed by atoms with Gasteiger partial charge < -0.3 is 21.5 Å². The molecule has 3 atom stereocenters. The highest BCUT2D eigenvalue weighted by Gasteiger charge is 2.48. The van der Waals surface area contributed by atoms with Gasteiger partial charge in [0.25, 0.3) is 0 Å². The number of hydrogen-bond acceptors (Lipinski definition) is 0. The Hall–Kier alpha value is 0.440. The maximum Gasteiger partial charge on any atom is 0.0920 e. The lowest BCUT2D eigenvalue weighted by molar-refractivity contribution is -0.928. The van der Waals surface area contributed by atoms with Gasteiger partial charge in [0.1, 0.15) is 0 Å². The van der Waals surface area contributed by atoms with E-state index < -0.39 is 0 Å². The number of hydrogen-bond donors (Lipinski definition) is 0. The van der Waals surface area contributed by atoms with Crippen LogP contribution in [0.5, 0.6) is 0 Å². The lowest BCUT2D eigenvalue weighted by atomic mass is 10.0. The molecule has 0 aromatic rings. The highest BCUT2D eigenvalue weighted by Crippen LogP contribution is 2.39. The van der Waals surface area contributed by atoms with Crippen LogP contribution in [0.4, 0.5) is 0 Å². The predicted molar refractivity (Wildman–Crippen MR) is 52.0 cm³/mol. The Labute approximate surface area is 92.9 Å². The second kappa shape index (κ2) is 4.31. The molecule has 0 aromatic carbocycles. The Bertz CT molecular complexity index is 167. The molecule has 2 fully saturated rings. The normalized spacial score (nSPS) is 42.9. The second-order valence-corrected chi connectivity index (χ2v) is 4.86. The third-order valence-electron chi connectivity index (χ3n) is 4.16. The molecule has 0 saturated carbocycles. The van der Waals surface area contributed by atoms with E-state index in [4.69, 9.17) is 0 Å². The average Bonchev–Trinajstić information content (AvgIpc) is 2.55. The number of nitrogens with zero attached hydrogens (tertiary/aromatic N) is 1. The number of rotatable bonds is 2. The maximum absolute atomic E-state index is 2.46. The monoisotopic (exact) mass is 247 g/mol. The van der Waals surface area contributed by atoms with Crippen LogP contribution in [0, 0.1) is 5.92 Å². The SMILES string of the molecule is CCC[N+]12CCCC1C(C)CC2.[Br-]. The lowest BCUT2D eigenvalue weighted by Crippen LogP contribution is -3.00. The predicted octanol–water partition coefficient (Wildman–Crippen LogP) is -0.581. The first-order valence-electron chi connectivity index (χ1n) is 5.64.